The number of aliphatic hydroxyl groups is 1. The normalized spacial score (nSPS) is 12.2. The topological polar surface area (TPSA) is 40.5 Å². The van der Waals surface area contributed by atoms with Crippen molar-refractivity contribution < 1.29 is 9.90 Å². The molecule has 0 aliphatic heterocycles. The van der Waals surface area contributed by atoms with Gasteiger partial charge < -0.3 is 10.0 Å². The van der Waals surface area contributed by atoms with E-state index >= 15 is 0 Å². The van der Waals surface area contributed by atoms with E-state index in [1.54, 1.807) is 6.92 Å². The van der Waals surface area contributed by atoms with Crippen LogP contribution in [0.2, 0.25) is 0 Å². The van der Waals surface area contributed by atoms with Crippen LogP contribution in [0, 0.1) is 0 Å². The maximum Gasteiger partial charge on any atom is 0.253 e. The van der Waals surface area contributed by atoms with Gasteiger partial charge in [0.05, 0.1) is 6.10 Å². The van der Waals surface area contributed by atoms with E-state index in [0.29, 0.717) is 0 Å². The smallest absolute Gasteiger partial charge is 0.253 e. The first-order valence-corrected chi connectivity index (χ1v) is 9.67. The standard InChI is InChI=1S/C21H35NO2/c1-4-6-8-10-16-22(17-11-9-7-5-2)21(24)20-14-12-19(13-15-20)18(3)23/h12-15,18,23H,4-11,16-17H2,1-3H3. The molecule has 0 heterocycles. The first-order chi connectivity index (χ1) is 11.6. The van der Waals surface area contributed by atoms with Crippen LogP contribution >= 0.6 is 0 Å². The predicted octanol–water partition coefficient (Wildman–Crippen LogP) is 5.34. The number of carbonyl (C=O) groups is 1. The fourth-order valence-corrected chi connectivity index (χ4v) is 2.86. The van der Waals surface area contributed by atoms with Crippen molar-refractivity contribution in [3.63, 3.8) is 0 Å². The zero-order chi connectivity index (χ0) is 17.8. The summed E-state index contributed by atoms with van der Waals surface area (Å²) in [5, 5.41) is 9.60. The lowest BCUT2D eigenvalue weighted by Gasteiger charge is -2.23. The molecule has 1 rings (SSSR count). The Morgan fingerprint density at radius 1 is 0.917 bits per heavy atom. The van der Waals surface area contributed by atoms with Crippen molar-refractivity contribution in [2.24, 2.45) is 0 Å². The molecule has 0 fully saturated rings. The number of carbonyl (C=O) groups excluding carboxylic acids is 1. The van der Waals surface area contributed by atoms with E-state index in [4.69, 9.17) is 0 Å². The maximum absolute atomic E-state index is 12.8. The van der Waals surface area contributed by atoms with Crippen molar-refractivity contribution >= 4 is 5.91 Å². The highest BCUT2D eigenvalue weighted by Crippen LogP contribution is 2.15. The fraction of sp³-hybridized carbons (Fsp3) is 0.667. The monoisotopic (exact) mass is 333 g/mol. The number of nitrogens with zero attached hydrogens (tertiary/aromatic N) is 1. The summed E-state index contributed by atoms with van der Waals surface area (Å²) in [4.78, 5) is 14.8. The summed E-state index contributed by atoms with van der Waals surface area (Å²) < 4.78 is 0. The number of hydrogen-bond donors (Lipinski definition) is 1. The third kappa shape index (κ3) is 7.48. The first-order valence-electron chi connectivity index (χ1n) is 9.67. The molecule has 0 radical (unpaired) electrons. The summed E-state index contributed by atoms with van der Waals surface area (Å²) in [5.41, 5.74) is 1.58. The van der Waals surface area contributed by atoms with E-state index in [1.165, 1.54) is 38.5 Å². The number of benzene rings is 1. The van der Waals surface area contributed by atoms with Crippen LogP contribution in [-0.2, 0) is 0 Å². The van der Waals surface area contributed by atoms with E-state index in [9.17, 15) is 9.90 Å². The van der Waals surface area contributed by atoms with Crippen LogP contribution in [0.4, 0.5) is 0 Å². The molecular weight excluding hydrogens is 298 g/mol. The molecule has 24 heavy (non-hydrogen) atoms. The molecule has 1 aromatic rings. The Morgan fingerprint density at radius 3 is 1.83 bits per heavy atom. The van der Waals surface area contributed by atoms with Crippen LogP contribution in [0.15, 0.2) is 24.3 Å². The summed E-state index contributed by atoms with van der Waals surface area (Å²) in [6.45, 7) is 7.85. The number of hydrogen-bond acceptors (Lipinski definition) is 2. The Kier molecular flexibility index (Phi) is 10.4. The Labute approximate surface area is 148 Å². The van der Waals surface area contributed by atoms with Crippen LogP contribution in [-0.4, -0.2) is 29.0 Å². The SMILES string of the molecule is CCCCCCN(CCCCCC)C(=O)c1ccc(C(C)O)cc1. The highest BCUT2D eigenvalue weighted by atomic mass is 16.3. The molecule has 0 saturated heterocycles. The third-order valence-electron chi connectivity index (χ3n) is 4.49. The van der Waals surface area contributed by atoms with Crippen molar-refractivity contribution in [2.75, 3.05) is 13.1 Å². The summed E-state index contributed by atoms with van der Waals surface area (Å²) in [6.07, 6.45) is 8.96. The number of rotatable bonds is 12. The minimum Gasteiger partial charge on any atom is -0.389 e. The van der Waals surface area contributed by atoms with Crippen molar-refractivity contribution in [1.82, 2.24) is 4.90 Å². The van der Waals surface area contributed by atoms with Gasteiger partial charge in [-0.25, -0.2) is 0 Å². The van der Waals surface area contributed by atoms with Crippen LogP contribution < -0.4 is 0 Å². The average molecular weight is 334 g/mol. The van der Waals surface area contributed by atoms with Crippen molar-refractivity contribution in [3.8, 4) is 0 Å². The predicted molar refractivity (Wildman–Crippen MR) is 101 cm³/mol. The van der Waals surface area contributed by atoms with Gasteiger partial charge >= 0.3 is 0 Å². The zero-order valence-electron chi connectivity index (χ0n) is 15.8. The Hall–Kier alpha value is -1.35. The van der Waals surface area contributed by atoms with Gasteiger partial charge in [-0.1, -0.05) is 64.5 Å². The fourth-order valence-electron chi connectivity index (χ4n) is 2.86. The first kappa shape index (κ1) is 20.7. The summed E-state index contributed by atoms with van der Waals surface area (Å²) in [7, 11) is 0. The van der Waals surface area contributed by atoms with E-state index in [0.717, 1.165) is 37.1 Å². The van der Waals surface area contributed by atoms with Gasteiger partial charge in [0.1, 0.15) is 0 Å². The number of amides is 1. The zero-order valence-corrected chi connectivity index (χ0v) is 15.8. The molecule has 3 heteroatoms. The largest absolute Gasteiger partial charge is 0.389 e. The van der Waals surface area contributed by atoms with Crippen molar-refractivity contribution in [2.45, 2.75) is 78.2 Å². The number of aliphatic hydroxyl groups excluding tert-OH is 1. The van der Waals surface area contributed by atoms with E-state index in [-0.39, 0.29) is 5.91 Å². The number of unbranched alkanes of at least 4 members (excludes halogenated alkanes) is 6. The molecular formula is C21H35NO2. The molecule has 136 valence electrons. The van der Waals surface area contributed by atoms with Crippen LogP contribution in [0.5, 0.6) is 0 Å². The molecule has 1 atom stereocenters. The quantitative estimate of drug-likeness (QED) is 0.524. The second-order valence-corrected chi connectivity index (χ2v) is 6.71. The highest BCUT2D eigenvalue weighted by molar-refractivity contribution is 5.94. The minimum atomic E-state index is -0.492. The van der Waals surface area contributed by atoms with E-state index < -0.39 is 6.10 Å². The van der Waals surface area contributed by atoms with Gasteiger partial charge in [0.2, 0.25) is 0 Å². The van der Waals surface area contributed by atoms with Crippen LogP contribution in [0.25, 0.3) is 0 Å². The van der Waals surface area contributed by atoms with Crippen molar-refractivity contribution in [1.29, 1.82) is 0 Å². The lowest BCUT2D eigenvalue weighted by atomic mass is 10.1. The molecule has 0 bridgehead atoms. The van der Waals surface area contributed by atoms with Crippen LogP contribution in [0.1, 0.15) is 94.2 Å². The van der Waals surface area contributed by atoms with Crippen molar-refractivity contribution in [3.05, 3.63) is 35.4 Å². The second kappa shape index (κ2) is 12.1. The lowest BCUT2D eigenvalue weighted by Crippen LogP contribution is -2.33. The van der Waals surface area contributed by atoms with Gasteiger partial charge in [0.15, 0.2) is 0 Å². The Morgan fingerprint density at radius 2 is 1.42 bits per heavy atom. The molecule has 0 aromatic heterocycles. The van der Waals surface area contributed by atoms with Gasteiger partial charge in [-0.2, -0.15) is 0 Å². The third-order valence-corrected chi connectivity index (χ3v) is 4.49. The molecule has 1 amide bonds. The van der Waals surface area contributed by atoms with Gasteiger partial charge in [-0.15, -0.1) is 0 Å². The van der Waals surface area contributed by atoms with Gasteiger partial charge in [-0.3, -0.25) is 4.79 Å². The molecule has 1 aromatic carbocycles. The summed E-state index contributed by atoms with van der Waals surface area (Å²) >= 11 is 0. The summed E-state index contributed by atoms with van der Waals surface area (Å²) in [5.74, 6) is 0.125. The second-order valence-electron chi connectivity index (χ2n) is 6.71. The maximum atomic E-state index is 12.8. The molecule has 3 nitrogen and oxygen atoms in total. The Balaban J connectivity index is 2.65. The van der Waals surface area contributed by atoms with Gasteiger partial charge in [0.25, 0.3) is 5.91 Å². The Bertz CT molecular complexity index is 441. The van der Waals surface area contributed by atoms with E-state index in [2.05, 4.69) is 13.8 Å². The van der Waals surface area contributed by atoms with E-state index in [1.807, 2.05) is 29.2 Å². The van der Waals surface area contributed by atoms with Crippen LogP contribution in [0.3, 0.4) is 0 Å². The highest BCUT2D eigenvalue weighted by Gasteiger charge is 2.15. The molecule has 0 spiro atoms. The lowest BCUT2D eigenvalue weighted by molar-refractivity contribution is 0.0749. The summed E-state index contributed by atoms with van der Waals surface area (Å²) in [6, 6.07) is 7.39. The minimum absolute atomic E-state index is 0.125. The van der Waals surface area contributed by atoms with Gasteiger partial charge in [0, 0.05) is 18.7 Å². The molecule has 1 N–H and O–H groups in total. The molecule has 0 aliphatic carbocycles. The van der Waals surface area contributed by atoms with Gasteiger partial charge in [-0.05, 0) is 37.5 Å². The average Bonchev–Trinajstić information content (AvgIpc) is 2.60. The molecule has 0 aliphatic rings. The molecule has 1 unspecified atom stereocenters. The molecule has 0 saturated carbocycles.